The standard InChI is InChI=1S/C12H7ClN4O2/c13-9-4-3-7(6-15-9)17-8-2-1-5-14-10(8)11(18)16-12(17)19/h1-6H,(H,16,18,19). The van der Waals surface area contributed by atoms with Gasteiger partial charge in [-0.15, -0.1) is 0 Å². The lowest BCUT2D eigenvalue weighted by Crippen LogP contribution is -2.29. The van der Waals surface area contributed by atoms with Crippen LogP contribution in [0, 0.1) is 0 Å². The van der Waals surface area contributed by atoms with E-state index < -0.39 is 11.2 Å². The van der Waals surface area contributed by atoms with E-state index in [0.29, 0.717) is 16.4 Å². The van der Waals surface area contributed by atoms with Crippen molar-refractivity contribution >= 4 is 22.6 Å². The average Bonchev–Trinajstić information content (AvgIpc) is 2.41. The first kappa shape index (κ1) is 11.6. The molecule has 0 bridgehead atoms. The van der Waals surface area contributed by atoms with Gasteiger partial charge in [0.25, 0.3) is 5.56 Å². The van der Waals surface area contributed by atoms with Crippen LogP contribution in [0.15, 0.2) is 46.2 Å². The number of rotatable bonds is 1. The smallest absolute Gasteiger partial charge is 0.272 e. The molecular formula is C12H7ClN4O2. The van der Waals surface area contributed by atoms with Gasteiger partial charge in [0, 0.05) is 6.20 Å². The Kier molecular flexibility index (Phi) is 2.64. The first-order chi connectivity index (χ1) is 9.16. The van der Waals surface area contributed by atoms with E-state index in [2.05, 4.69) is 15.0 Å². The summed E-state index contributed by atoms with van der Waals surface area (Å²) in [7, 11) is 0. The second kappa shape index (κ2) is 4.33. The molecule has 0 aromatic carbocycles. The highest BCUT2D eigenvalue weighted by atomic mass is 35.5. The van der Waals surface area contributed by atoms with E-state index >= 15 is 0 Å². The van der Waals surface area contributed by atoms with E-state index in [4.69, 9.17) is 11.6 Å². The van der Waals surface area contributed by atoms with E-state index in [0.717, 1.165) is 0 Å². The van der Waals surface area contributed by atoms with Crippen molar-refractivity contribution in [3.63, 3.8) is 0 Å². The van der Waals surface area contributed by atoms with Crippen LogP contribution in [0.4, 0.5) is 0 Å². The summed E-state index contributed by atoms with van der Waals surface area (Å²) in [5.74, 6) is 0. The minimum Gasteiger partial charge on any atom is -0.272 e. The molecule has 3 rings (SSSR count). The largest absolute Gasteiger partial charge is 0.333 e. The number of H-pyrrole nitrogens is 1. The number of pyridine rings is 2. The van der Waals surface area contributed by atoms with Crippen LogP contribution in [0.5, 0.6) is 0 Å². The molecular weight excluding hydrogens is 268 g/mol. The second-order valence-electron chi connectivity index (χ2n) is 3.80. The highest BCUT2D eigenvalue weighted by Crippen LogP contribution is 2.12. The third-order valence-corrected chi connectivity index (χ3v) is 2.86. The zero-order chi connectivity index (χ0) is 13.4. The maximum absolute atomic E-state index is 12.0. The molecule has 0 fully saturated rings. The summed E-state index contributed by atoms with van der Waals surface area (Å²) >= 11 is 5.71. The van der Waals surface area contributed by atoms with Crippen molar-refractivity contribution in [3.05, 3.63) is 62.7 Å². The molecule has 0 aliphatic carbocycles. The van der Waals surface area contributed by atoms with Gasteiger partial charge in [0.15, 0.2) is 5.52 Å². The van der Waals surface area contributed by atoms with Gasteiger partial charge in [0.05, 0.1) is 17.4 Å². The summed E-state index contributed by atoms with van der Waals surface area (Å²) in [5, 5.41) is 0.323. The van der Waals surface area contributed by atoms with Crippen LogP contribution in [0.3, 0.4) is 0 Å². The Labute approximate surface area is 111 Å². The normalized spacial score (nSPS) is 10.8. The summed E-state index contributed by atoms with van der Waals surface area (Å²) in [6.07, 6.45) is 2.95. The molecule has 0 saturated carbocycles. The number of nitrogens with zero attached hydrogens (tertiary/aromatic N) is 3. The van der Waals surface area contributed by atoms with Crippen molar-refractivity contribution in [1.29, 1.82) is 0 Å². The quantitative estimate of drug-likeness (QED) is 0.674. The summed E-state index contributed by atoms with van der Waals surface area (Å²) in [5.41, 5.74) is 0.0504. The molecule has 0 saturated heterocycles. The second-order valence-corrected chi connectivity index (χ2v) is 4.19. The lowest BCUT2D eigenvalue weighted by Gasteiger charge is -2.08. The third kappa shape index (κ3) is 1.92. The first-order valence-electron chi connectivity index (χ1n) is 5.39. The molecule has 3 aromatic rings. The van der Waals surface area contributed by atoms with Gasteiger partial charge in [-0.25, -0.2) is 14.8 Å². The number of hydrogen-bond donors (Lipinski definition) is 1. The Morgan fingerprint density at radius 3 is 2.74 bits per heavy atom. The molecule has 0 amide bonds. The maximum atomic E-state index is 12.0. The highest BCUT2D eigenvalue weighted by Gasteiger charge is 2.09. The molecule has 0 spiro atoms. The van der Waals surface area contributed by atoms with Crippen LogP contribution >= 0.6 is 11.6 Å². The Hall–Kier alpha value is -2.47. The van der Waals surface area contributed by atoms with Crippen LogP contribution < -0.4 is 11.2 Å². The zero-order valence-electron chi connectivity index (χ0n) is 9.50. The SMILES string of the molecule is O=c1[nH]c(=O)n(-c2ccc(Cl)nc2)c2cccnc12. The van der Waals surface area contributed by atoms with E-state index in [1.54, 1.807) is 24.3 Å². The van der Waals surface area contributed by atoms with Gasteiger partial charge in [-0.2, -0.15) is 0 Å². The van der Waals surface area contributed by atoms with Gasteiger partial charge in [-0.05, 0) is 24.3 Å². The first-order valence-corrected chi connectivity index (χ1v) is 5.76. The molecule has 0 atom stereocenters. The van der Waals surface area contributed by atoms with Crippen molar-refractivity contribution in [2.75, 3.05) is 0 Å². The van der Waals surface area contributed by atoms with Crippen LogP contribution in [0.1, 0.15) is 0 Å². The topological polar surface area (TPSA) is 80.6 Å². The number of halogens is 1. The van der Waals surface area contributed by atoms with Crippen LogP contribution in [-0.4, -0.2) is 19.5 Å². The molecule has 94 valence electrons. The van der Waals surface area contributed by atoms with Gasteiger partial charge in [0.2, 0.25) is 0 Å². The summed E-state index contributed by atoms with van der Waals surface area (Å²) in [6.45, 7) is 0. The van der Waals surface area contributed by atoms with Crippen LogP contribution in [0.2, 0.25) is 5.15 Å². The number of hydrogen-bond acceptors (Lipinski definition) is 4. The minimum absolute atomic E-state index is 0.192. The molecule has 19 heavy (non-hydrogen) atoms. The van der Waals surface area contributed by atoms with Gasteiger partial charge < -0.3 is 0 Å². The van der Waals surface area contributed by atoms with E-state index in [9.17, 15) is 9.59 Å². The molecule has 7 heteroatoms. The molecule has 3 heterocycles. The van der Waals surface area contributed by atoms with Crippen molar-refractivity contribution in [1.82, 2.24) is 19.5 Å². The van der Waals surface area contributed by atoms with Crippen LogP contribution in [-0.2, 0) is 0 Å². The molecule has 0 aliphatic heterocycles. The predicted molar refractivity (Wildman–Crippen MR) is 70.8 cm³/mol. The minimum atomic E-state index is -0.547. The monoisotopic (exact) mass is 274 g/mol. The number of fused-ring (bicyclic) bond motifs is 1. The predicted octanol–water partition coefficient (Wildman–Crippen LogP) is 1.12. The zero-order valence-corrected chi connectivity index (χ0v) is 10.3. The van der Waals surface area contributed by atoms with Gasteiger partial charge in [-0.3, -0.25) is 14.3 Å². The van der Waals surface area contributed by atoms with Gasteiger partial charge in [-0.1, -0.05) is 11.6 Å². The fourth-order valence-corrected chi connectivity index (χ4v) is 1.94. The summed E-state index contributed by atoms with van der Waals surface area (Å²) in [4.78, 5) is 33.7. The lowest BCUT2D eigenvalue weighted by atomic mass is 10.3. The Morgan fingerprint density at radius 2 is 2.00 bits per heavy atom. The van der Waals surface area contributed by atoms with Crippen molar-refractivity contribution < 1.29 is 0 Å². The van der Waals surface area contributed by atoms with Crippen molar-refractivity contribution in [2.45, 2.75) is 0 Å². The van der Waals surface area contributed by atoms with Crippen molar-refractivity contribution in [3.8, 4) is 5.69 Å². The number of aromatic amines is 1. The molecule has 6 nitrogen and oxygen atoms in total. The molecule has 1 N–H and O–H groups in total. The van der Waals surface area contributed by atoms with Crippen LogP contribution in [0.25, 0.3) is 16.7 Å². The van der Waals surface area contributed by atoms with Crippen molar-refractivity contribution in [2.24, 2.45) is 0 Å². The fourth-order valence-electron chi connectivity index (χ4n) is 1.83. The van der Waals surface area contributed by atoms with Gasteiger partial charge in [0.1, 0.15) is 5.15 Å². The Balaban J connectivity index is 2.44. The lowest BCUT2D eigenvalue weighted by molar-refractivity contribution is 0.929. The van der Waals surface area contributed by atoms with E-state index in [1.165, 1.54) is 17.0 Å². The summed E-state index contributed by atoms with van der Waals surface area (Å²) < 4.78 is 1.33. The van der Waals surface area contributed by atoms with Gasteiger partial charge >= 0.3 is 5.69 Å². The summed E-state index contributed by atoms with van der Waals surface area (Å²) in [6, 6.07) is 6.51. The van der Waals surface area contributed by atoms with E-state index in [1.807, 2.05) is 0 Å². The Bertz CT molecular complexity index is 867. The number of nitrogens with one attached hydrogen (secondary N) is 1. The maximum Gasteiger partial charge on any atom is 0.333 e. The molecule has 0 radical (unpaired) electrons. The third-order valence-electron chi connectivity index (χ3n) is 2.64. The molecule has 0 aliphatic rings. The molecule has 3 aromatic heterocycles. The Morgan fingerprint density at radius 1 is 1.16 bits per heavy atom. The number of aromatic nitrogens is 4. The molecule has 0 unspecified atom stereocenters. The fraction of sp³-hybridized carbons (Fsp3) is 0. The van der Waals surface area contributed by atoms with E-state index in [-0.39, 0.29) is 5.52 Å². The average molecular weight is 275 g/mol. The highest BCUT2D eigenvalue weighted by molar-refractivity contribution is 6.29.